The average Bonchev–Trinajstić information content (AvgIpc) is 3.09. The normalized spacial score (nSPS) is 14.5. The Labute approximate surface area is 224 Å². The summed E-state index contributed by atoms with van der Waals surface area (Å²) in [6.45, 7) is 2.54. The Hall–Kier alpha value is -2.39. The van der Waals surface area contributed by atoms with E-state index < -0.39 is 5.97 Å². The molecular weight excluding hydrogens is 527 g/mol. The lowest BCUT2D eigenvalue weighted by atomic mass is 10.1. The summed E-state index contributed by atoms with van der Waals surface area (Å²) < 4.78 is 5.45. The van der Waals surface area contributed by atoms with Crippen molar-refractivity contribution in [2.45, 2.75) is 32.6 Å². The summed E-state index contributed by atoms with van der Waals surface area (Å²) in [6.07, 6.45) is 4.22. The summed E-state index contributed by atoms with van der Waals surface area (Å²) in [7, 11) is 0. The van der Waals surface area contributed by atoms with Crippen molar-refractivity contribution in [2.24, 2.45) is 0 Å². The maximum atomic E-state index is 12.8. The van der Waals surface area contributed by atoms with Gasteiger partial charge in [0.15, 0.2) is 0 Å². The Morgan fingerprint density at radius 2 is 1.86 bits per heavy atom. The number of carbonyl (C=O) groups is 3. The van der Waals surface area contributed by atoms with Crippen LogP contribution < -0.4 is 5.32 Å². The zero-order valence-corrected chi connectivity index (χ0v) is 22.2. The van der Waals surface area contributed by atoms with Gasteiger partial charge < -0.3 is 10.1 Å². The maximum Gasteiger partial charge on any atom is 0.338 e. The number of nitrogens with zero attached hydrogens (tertiary/aromatic N) is 1. The Balaban J connectivity index is 1.41. The van der Waals surface area contributed by atoms with Gasteiger partial charge in [-0.2, -0.15) is 0 Å². The van der Waals surface area contributed by atoms with E-state index in [0.29, 0.717) is 62.1 Å². The molecule has 0 saturated carbocycles. The number of carbonyl (C=O) groups excluding carboxylic acids is 3. The van der Waals surface area contributed by atoms with E-state index in [-0.39, 0.29) is 11.8 Å². The smallest absolute Gasteiger partial charge is 0.338 e. The van der Waals surface area contributed by atoms with Gasteiger partial charge in [-0.1, -0.05) is 65.7 Å². The first-order chi connectivity index (χ1) is 16.8. The molecule has 0 radical (unpaired) electrons. The molecule has 1 N–H and O–H groups in total. The fraction of sp³-hybridized carbons (Fsp3) is 0.280. The van der Waals surface area contributed by atoms with Gasteiger partial charge in [-0.25, -0.2) is 4.79 Å². The number of rotatable bonds is 10. The monoisotopic (exact) mass is 550 g/mol. The fourth-order valence-corrected chi connectivity index (χ4v) is 4.99. The van der Waals surface area contributed by atoms with Crippen molar-refractivity contribution in [1.29, 1.82) is 0 Å². The molecule has 2 aromatic carbocycles. The molecule has 0 spiro atoms. The second-order valence-electron chi connectivity index (χ2n) is 7.63. The van der Waals surface area contributed by atoms with E-state index in [0.717, 1.165) is 12.8 Å². The predicted octanol–water partition coefficient (Wildman–Crippen LogP) is 6.57. The van der Waals surface area contributed by atoms with Crippen molar-refractivity contribution in [3.8, 4) is 0 Å². The third-order valence-electron chi connectivity index (χ3n) is 5.11. The molecular formula is C25H24Cl2N2O4S2. The van der Waals surface area contributed by atoms with Crippen LogP contribution in [0, 0.1) is 0 Å². The van der Waals surface area contributed by atoms with Crippen LogP contribution in [-0.4, -0.2) is 40.2 Å². The summed E-state index contributed by atoms with van der Waals surface area (Å²) >= 11 is 18.9. The number of benzene rings is 2. The van der Waals surface area contributed by atoms with Crippen LogP contribution in [0.25, 0.3) is 6.08 Å². The largest absolute Gasteiger partial charge is 0.462 e. The van der Waals surface area contributed by atoms with Gasteiger partial charge in [0, 0.05) is 18.7 Å². The number of thioether (sulfide) groups is 1. The lowest BCUT2D eigenvalue weighted by Gasteiger charge is -2.14. The second kappa shape index (κ2) is 13.1. The summed E-state index contributed by atoms with van der Waals surface area (Å²) in [4.78, 5) is 38.8. The predicted molar refractivity (Wildman–Crippen MR) is 146 cm³/mol. The molecule has 184 valence electrons. The van der Waals surface area contributed by atoms with Crippen molar-refractivity contribution < 1.29 is 19.1 Å². The van der Waals surface area contributed by atoms with Gasteiger partial charge in [0.1, 0.15) is 4.32 Å². The lowest BCUT2D eigenvalue weighted by Crippen LogP contribution is -2.29. The van der Waals surface area contributed by atoms with Gasteiger partial charge in [-0.05, 0) is 61.7 Å². The van der Waals surface area contributed by atoms with Gasteiger partial charge in [0.2, 0.25) is 5.91 Å². The molecule has 1 fully saturated rings. The van der Waals surface area contributed by atoms with Crippen molar-refractivity contribution >= 4 is 81.0 Å². The van der Waals surface area contributed by atoms with E-state index in [4.69, 9.17) is 40.2 Å². The Morgan fingerprint density at radius 1 is 1.11 bits per heavy atom. The average molecular weight is 552 g/mol. The first kappa shape index (κ1) is 27.2. The molecule has 6 nitrogen and oxygen atoms in total. The second-order valence-corrected chi connectivity index (χ2v) is 10.1. The van der Waals surface area contributed by atoms with Gasteiger partial charge >= 0.3 is 5.97 Å². The fourth-order valence-electron chi connectivity index (χ4n) is 3.33. The highest BCUT2D eigenvalue weighted by Crippen LogP contribution is 2.35. The number of amides is 2. The van der Waals surface area contributed by atoms with Gasteiger partial charge in [-0.15, -0.1) is 0 Å². The van der Waals surface area contributed by atoms with Crippen LogP contribution in [0.5, 0.6) is 0 Å². The molecule has 0 aliphatic carbocycles. The van der Waals surface area contributed by atoms with Crippen LogP contribution in [0.1, 0.15) is 48.5 Å². The molecule has 2 amide bonds. The third kappa shape index (κ3) is 7.54. The van der Waals surface area contributed by atoms with Crippen LogP contribution in [0.15, 0.2) is 47.4 Å². The molecule has 0 atom stereocenters. The van der Waals surface area contributed by atoms with Crippen molar-refractivity contribution in [2.75, 3.05) is 18.5 Å². The van der Waals surface area contributed by atoms with E-state index in [1.54, 1.807) is 60.4 Å². The molecule has 0 unspecified atom stereocenters. The molecule has 1 aliphatic heterocycles. The lowest BCUT2D eigenvalue weighted by molar-refractivity contribution is -0.122. The first-order valence-electron chi connectivity index (χ1n) is 11.1. The summed E-state index contributed by atoms with van der Waals surface area (Å²) in [5.41, 5.74) is 1.72. The minimum absolute atomic E-state index is 0.110. The highest BCUT2D eigenvalue weighted by molar-refractivity contribution is 8.26. The Kier molecular flexibility index (Phi) is 10.2. The molecule has 0 aromatic heterocycles. The highest BCUT2D eigenvalue weighted by Gasteiger charge is 2.31. The number of halogens is 2. The number of nitrogens with one attached hydrogen (secondary N) is 1. The van der Waals surface area contributed by atoms with E-state index >= 15 is 0 Å². The standard InChI is InChI=1S/C25H24Cl2N2O4S2/c1-2-33-24(32)16-10-12-18(13-11-16)28-21(30)9-4-3-5-14-29-23(31)20(35-25(29)34)15-17-7-6-8-19(26)22(17)27/h6-8,10-13,15H,2-5,9,14H2,1H3,(H,28,30)/b20-15-. The minimum Gasteiger partial charge on any atom is -0.462 e. The Bertz CT molecular complexity index is 1150. The molecule has 0 bridgehead atoms. The molecule has 1 aliphatic rings. The number of unbranched alkanes of at least 4 members (excludes halogenated alkanes) is 2. The zero-order valence-electron chi connectivity index (χ0n) is 19.0. The molecule has 10 heteroatoms. The molecule has 1 saturated heterocycles. The van der Waals surface area contributed by atoms with Gasteiger partial charge in [0.05, 0.1) is 27.1 Å². The number of esters is 1. The van der Waals surface area contributed by atoms with E-state index in [9.17, 15) is 14.4 Å². The molecule has 2 aromatic rings. The maximum absolute atomic E-state index is 12.8. The number of ether oxygens (including phenoxy) is 1. The Morgan fingerprint density at radius 3 is 2.57 bits per heavy atom. The third-order valence-corrected chi connectivity index (χ3v) is 7.32. The van der Waals surface area contributed by atoms with Crippen molar-refractivity contribution in [3.05, 3.63) is 68.5 Å². The number of hydrogen-bond donors (Lipinski definition) is 1. The van der Waals surface area contributed by atoms with Crippen LogP contribution >= 0.6 is 47.2 Å². The van der Waals surface area contributed by atoms with E-state index in [2.05, 4.69) is 5.32 Å². The van der Waals surface area contributed by atoms with E-state index in [1.165, 1.54) is 11.8 Å². The molecule has 1 heterocycles. The number of anilines is 1. The zero-order chi connectivity index (χ0) is 25.4. The van der Waals surface area contributed by atoms with E-state index in [1.807, 2.05) is 0 Å². The van der Waals surface area contributed by atoms with Crippen LogP contribution in [0.3, 0.4) is 0 Å². The first-order valence-corrected chi connectivity index (χ1v) is 13.0. The van der Waals surface area contributed by atoms with Crippen molar-refractivity contribution in [1.82, 2.24) is 4.90 Å². The van der Waals surface area contributed by atoms with Gasteiger partial charge in [-0.3, -0.25) is 14.5 Å². The summed E-state index contributed by atoms with van der Waals surface area (Å²) in [5.74, 6) is -0.656. The molecule has 35 heavy (non-hydrogen) atoms. The van der Waals surface area contributed by atoms with Crippen LogP contribution in [0.4, 0.5) is 5.69 Å². The summed E-state index contributed by atoms with van der Waals surface area (Å²) in [5, 5.41) is 3.64. The SMILES string of the molecule is CCOC(=O)c1ccc(NC(=O)CCCCCN2C(=O)/C(=C/c3cccc(Cl)c3Cl)SC2=S)cc1. The number of thiocarbonyl (C=S) groups is 1. The van der Waals surface area contributed by atoms with Gasteiger partial charge in [0.25, 0.3) is 5.91 Å². The van der Waals surface area contributed by atoms with Crippen LogP contribution in [-0.2, 0) is 14.3 Å². The highest BCUT2D eigenvalue weighted by atomic mass is 35.5. The van der Waals surface area contributed by atoms with Crippen LogP contribution in [0.2, 0.25) is 10.0 Å². The minimum atomic E-state index is -0.393. The summed E-state index contributed by atoms with van der Waals surface area (Å²) in [6, 6.07) is 11.8. The topological polar surface area (TPSA) is 75.7 Å². The quantitative estimate of drug-likeness (QED) is 0.156. The number of hydrogen-bond acceptors (Lipinski definition) is 6. The molecule has 3 rings (SSSR count). The van der Waals surface area contributed by atoms with Crippen molar-refractivity contribution in [3.63, 3.8) is 0 Å².